The average Bonchev–Trinajstić information content (AvgIpc) is 3.64. The third-order valence-electron chi connectivity index (χ3n) is 10.1. The topological polar surface area (TPSA) is 95.0 Å². The van der Waals surface area contributed by atoms with Gasteiger partial charge in [0.25, 0.3) is 15.6 Å². The maximum absolute atomic E-state index is 14.7. The van der Waals surface area contributed by atoms with Crippen molar-refractivity contribution >= 4 is 27.0 Å². The highest BCUT2D eigenvalue weighted by Crippen LogP contribution is 2.51. The number of nitrogens with zero attached hydrogens (tertiary/aromatic N) is 6. The number of aryl methyl sites for hydroxylation is 2. The number of likely N-dealkylation sites (tertiary alicyclic amines) is 1. The Morgan fingerprint density at radius 3 is 2.49 bits per heavy atom. The van der Waals surface area contributed by atoms with Crippen molar-refractivity contribution in [3.05, 3.63) is 112 Å². The zero-order valence-electron chi connectivity index (χ0n) is 27.6. The lowest BCUT2D eigenvalue weighted by atomic mass is 9.58. The van der Waals surface area contributed by atoms with Crippen LogP contribution in [0, 0.1) is 18.8 Å². The molecule has 2 fully saturated rings. The molecule has 9 nitrogen and oxygen atoms in total. The van der Waals surface area contributed by atoms with Crippen molar-refractivity contribution in [2.75, 3.05) is 13.1 Å². The van der Waals surface area contributed by atoms with E-state index in [9.17, 15) is 13.2 Å². The number of rotatable bonds is 8. The second-order valence-electron chi connectivity index (χ2n) is 13.8. The summed E-state index contributed by atoms with van der Waals surface area (Å²) in [5.74, 6) is 1.95. The summed E-state index contributed by atoms with van der Waals surface area (Å²) in [5.41, 5.74) is 3.36. The molecule has 0 unspecified atom stereocenters. The number of benzene rings is 2. The quantitative estimate of drug-likeness (QED) is 0.203. The van der Waals surface area contributed by atoms with Crippen molar-refractivity contribution in [1.82, 2.24) is 28.2 Å². The smallest absolute Gasteiger partial charge is 0.280 e. The predicted octanol–water partition coefficient (Wildman–Crippen LogP) is 6.06. The fourth-order valence-electron chi connectivity index (χ4n) is 7.91. The van der Waals surface area contributed by atoms with Crippen LogP contribution < -0.4 is 5.56 Å². The van der Waals surface area contributed by atoms with E-state index in [1.807, 2.05) is 42.8 Å². The molecule has 0 spiro atoms. The van der Waals surface area contributed by atoms with E-state index >= 15 is 0 Å². The second-order valence-corrected chi connectivity index (χ2v) is 15.6. The van der Waals surface area contributed by atoms with Gasteiger partial charge in [-0.05, 0) is 86.9 Å². The van der Waals surface area contributed by atoms with Gasteiger partial charge >= 0.3 is 0 Å². The summed E-state index contributed by atoms with van der Waals surface area (Å²) in [4.78, 5) is 17.1. The van der Waals surface area contributed by atoms with Gasteiger partial charge in [0.15, 0.2) is 0 Å². The first-order valence-electron chi connectivity index (χ1n) is 16.4. The Morgan fingerprint density at radius 1 is 1.06 bits per heavy atom. The molecule has 0 N–H and O–H groups in total. The predicted molar refractivity (Wildman–Crippen MR) is 185 cm³/mol. The minimum atomic E-state index is -4.12. The third kappa shape index (κ3) is 5.27. The molecular weight excluding hydrogens is 609 g/mol. The van der Waals surface area contributed by atoms with Gasteiger partial charge in [-0.15, -0.1) is 10.2 Å². The summed E-state index contributed by atoms with van der Waals surface area (Å²) in [6.07, 6.45) is 9.26. The maximum atomic E-state index is 14.7. The molecule has 5 aromatic rings. The van der Waals surface area contributed by atoms with E-state index in [1.54, 1.807) is 47.4 Å². The molecule has 7 rings (SSSR count). The third-order valence-corrected chi connectivity index (χ3v) is 11.9. The highest BCUT2D eigenvalue weighted by atomic mass is 32.2. The normalized spacial score (nSPS) is 22.0. The fraction of sp³-hybridized carbons (Fsp3) is 0.378. The van der Waals surface area contributed by atoms with Gasteiger partial charge in [0.05, 0.1) is 10.3 Å². The summed E-state index contributed by atoms with van der Waals surface area (Å²) >= 11 is 0. The van der Waals surface area contributed by atoms with Crippen molar-refractivity contribution < 1.29 is 8.42 Å². The van der Waals surface area contributed by atoms with E-state index in [0.29, 0.717) is 40.7 Å². The van der Waals surface area contributed by atoms with Crippen LogP contribution in [-0.2, 0) is 29.0 Å². The monoisotopic (exact) mass is 650 g/mol. The van der Waals surface area contributed by atoms with Gasteiger partial charge in [-0.2, -0.15) is 0 Å². The lowest BCUT2D eigenvalue weighted by molar-refractivity contribution is 0.174. The van der Waals surface area contributed by atoms with Crippen LogP contribution in [0.1, 0.15) is 67.7 Å². The minimum absolute atomic E-state index is 0.133. The Balaban J connectivity index is 1.44. The van der Waals surface area contributed by atoms with E-state index in [-0.39, 0.29) is 15.8 Å². The molecule has 10 heteroatoms. The van der Waals surface area contributed by atoms with Crippen LogP contribution in [0.4, 0.5) is 0 Å². The van der Waals surface area contributed by atoms with E-state index < -0.39 is 15.6 Å². The Labute approximate surface area is 276 Å². The molecule has 47 heavy (non-hydrogen) atoms. The molecule has 1 saturated carbocycles. The van der Waals surface area contributed by atoms with Gasteiger partial charge in [0.1, 0.15) is 17.7 Å². The van der Waals surface area contributed by atoms with Crippen molar-refractivity contribution in [2.45, 2.75) is 63.3 Å². The first-order chi connectivity index (χ1) is 22.5. The molecule has 244 valence electrons. The average molecular weight is 651 g/mol. The number of hydrogen-bond acceptors (Lipinski definition) is 6. The molecule has 1 atom stereocenters. The van der Waals surface area contributed by atoms with Crippen LogP contribution in [0.5, 0.6) is 0 Å². The molecular formula is C37H42N6O3S. The maximum Gasteiger partial charge on any atom is 0.280 e. The molecule has 1 aliphatic carbocycles. The zero-order chi connectivity index (χ0) is 33.1. The van der Waals surface area contributed by atoms with E-state index in [2.05, 4.69) is 41.6 Å². The van der Waals surface area contributed by atoms with Crippen molar-refractivity contribution in [3.63, 3.8) is 0 Å². The van der Waals surface area contributed by atoms with E-state index in [1.165, 1.54) is 3.97 Å². The molecule has 0 amide bonds. The summed E-state index contributed by atoms with van der Waals surface area (Å²) in [7, 11) is -2.16. The highest BCUT2D eigenvalue weighted by molar-refractivity contribution is 7.90. The van der Waals surface area contributed by atoms with Gasteiger partial charge in [0.2, 0.25) is 0 Å². The fourth-order valence-corrected chi connectivity index (χ4v) is 9.44. The van der Waals surface area contributed by atoms with Gasteiger partial charge in [-0.3, -0.25) is 14.3 Å². The van der Waals surface area contributed by atoms with Crippen LogP contribution in [0.3, 0.4) is 0 Å². The van der Waals surface area contributed by atoms with Crippen molar-refractivity contribution in [2.24, 2.45) is 18.9 Å². The molecule has 0 bridgehead atoms. The summed E-state index contributed by atoms with van der Waals surface area (Å²) in [6.45, 7) is 12.6. The Kier molecular flexibility index (Phi) is 7.83. The SMILES string of the molecule is C=Cc1cn(-c2cccc(C3(c4nncn4C)CC(C)C3)c2)c(=O)c2c1cc(CN1CCC[C@H](C)C1)n2S(=O)(=O)c1ccc(C)cc1. The molecule has 0 radical (unpaired) electrons. The lowest BCUT2D eigenvalue weighted by Crippen LogP contribution is -2.43. The zero-order valence-corrected chi connectivity index (χ0v) is 28.4. The Bertz CT molecular complexity index is 2150. The Morgan fingerprint density at radius 2 is 1.83 bits per heavy atom. The van der Waals surface area contributed by atoms with Crippen LogP contribution in [0.15, 0.2) is 83.4 Å². The number of hydrogen-bond donors (Lipinski definition) is 0. The minimum Gasteiger partial charge on any atom is -0.320 e. The van der Waals surface area contributed by atoms with Crippen molar-refractivity contribution in [3.8, 4) is 5.69 Å². The van der Waals surface area contributed by atoms with Crippen LogP contribution in [0.2, 0.25) is 0 Å². The largest absolute Gasteiger partial charge is 0.320 e. The van der Waals surface area contributed by atoms with E-state index in [4.69, 9.17) is 0 Å². The summed E-state index contributed by atoms with van der Waals surface area (Å²) < 4.78 is 33.9. The van der Waals surface area contributed by atoms with Gasteiger partial charge in [0, 0.05) is 48.7 Å². The van der Waals surface area contributed by atoms with Crippen LogP contribution in [-0.4, -0.2) is 49.7 Å². The van der Waals surface area contributed by atoms with Crippen LogP contribution in [0.25, 0.3) is 22.7 Å². The number of pyridine rings is 1. The number of fused-ring (bicyclic) bond motifs is 1. The Hall–Kier alpha value is -4.28. The second kappa shape index (κ2) is 11.8. The summed E-state index contributed by atoms with van der Waals surface area (Å²) in [5, 5.41) is 9.24. The molecule has 2 aliphatic rings. The van der Waals surface area contributed by atoms with Crippen LogP contribution >= 0.6 is 0 Å². The van der Waals surface area contributed by atoms with Gasteiger partial charge < -0.3 is 4.57 Å². The highest BCUT2D eigenvalue weighted by Gasteiger charge is 2.48. The molecule has 3 aromatic heterocycles. The van der Waals surface area contributed by atoms with Gasteiger partial charge in [-0.25, -0.2) is 12.4 Å². The van der Waals surface area contributed by atoms with Gasteiger partial charge in [-0.1, -0.05) is 56.3 Å². The van der Waals surface area contributed by atoms with Crippen molar-refractivity contribution in [1.29, 1.82) is 0 Å². The molecule has 1 saturated heterocycles. The van der Waals surface area contributed by atoms with E-state index in [0.717, 1.165) is 55.7 Å². The number of piperidine rings is 1. The molecule has 4 heterocycles. The molecule has 1 aliphatic heterocycles. The molecule has 2 aromatic carbocycles. The first-order valence-corrected chi connectivity index (χ1v) is 17.9. The lowest BCUT2D eigenvalue weighted by Gasteiger charge is -2.46. The summed E-state index contributed by atoms with van der Waals surface area (Å²) in [6, 6.07) is 16.7. The number of aromatic nitrogens is 5. The standard InChI is InChI=1S/C37H42N6O3S/c1-6-28-22-42(30-11-7-10-29(17-30)37(19-27(4)20-37)36-39-38-24-40(36)5)35(44)34-33(28)18-31(23-41-16-8-9-26(3)21-41)43(34)47(45,46)32-14-12-25(2)13-15-32/h6-7,10-15,17-18,22,24,26-27H,1,8-9,16,19-21,23H2,2-5H3/t26-,27?,37?/m0/s1. The first kappa shape index (κ1) is 31.3.